The molecule has 1 heterocycles. The first-order valence-corrected chi connectivity index (χ1v) is 11.0. The highest BCUT2D eigenvalue weighted by molar-refractivity contribution is 5.55. The summed E-state index contributed by atoms with van der Waals surface area (Å²) in [7, 11) is 0. The van der Waals surface area contributed by atoms with Crippen molar-refractivity contribution in [3.05, 3.63) is 42.2 Å². The van der Waals surface area contributed by atoms with Crippen molar-refractivity contribution in [3.8, 4) is 17.1 Å². The number of hydrogen-bond donors (Lipinski definition) is 0. The topological polar surface area (TPSA) is 44.2 Å². The standard InChI is InChI=1S/C24H35FN2O2/c1-3-5-6-7-8-9-15-29-23-17-26-24(27-18-23)21-12-10-20(11-13-21)19-28-16-14-22(25)4-2/h10-13,17-18,22H,3-9,14-16,19H2,1-2H3. The van der Waals surface area contributed by atoms with Gasteiger partial charge in [-0.15, -0.1) is 0 Å². The van der Waals surface area contributed by atoms with E-state index in [0.29, 0.717) is 44.2 Å². The van der Waals surface area contributed by atoms with Gasteiger partial charge in [0.15, 0.2) is 11.6 Å². The van der Waals surface area contributed by atoms with E-state index in [4.69, 9.17) is 9.47 Å². The van der Waals surface area contributed by atoms with Crippen molar-refractivity contribution in [2.75, 3.05) is 13.2 Å². The Morgan fingerprint density at radius 2 is 1.59 bits per heavy atom. The highest BCUT2D eigenvalue weighted by Crippen LogP contribution is 2.18. The Morgan fingerprint density at radius 3 is 2.28 bits per heavy atom. The zero-order valence-corrected chi connectivity index (χ0v) is 17.9. The zero-order chi connectivity index (χ0) is 20.7. The number of benzene rings is 1. The van der Waals surface area contributed by atoms with Gasteiger partial charge < -0.3 is 9.47 Å². The van der Waals surface area contributed by atoms with Crippen LogP contribution in [0.1, 0.15) is 70.8 Å². The third kappa shape index (κ3) is 9.35. The first-order valence-electron chi connectivity index (χ1n) is 11.0. The molecule has 0 N–H and O–H groups in total. The van der Waals surface area contributed by atoms with Crippen LogP contribution in [-0.4, -0.2) is 29.4 Å². The van der Waals surface area contributed by atoms with E-state index in [1.165, 1.54) is 32.1 Å². The second-order valence-corrected chi connectivity index (χ2v) is 7.40. The summed E-state index contributed by atoms with van der Waals surface area (Å²) in [5.41, 5.74) is 2.01. The molecule has 29 heavy (non-hydrogen) atoms. The van der Waals surface area contributed by atoms with E-state index >= 15 is 0 Å². The molecule has 0 spiro atoms. The SMILES string of the molecule is CCCCCCCCOc1cnc(-c2ccc(COCCC(F)CC)cc2)nc1. The summed E-state index contributed by atoms with van der Waals surface area (Å²) in [5.74, 6) is 1.39. The summed E-state index contributed by atoms with van der Waals surface area (Å²) in [6, 6.07) is 7.95. The lowest BCUT2D eigenvalue weighted by Gasteiger charge is -2.08. The third-order valence-corrected chi connectivity index (χ3v) is 4.89. The molecule has 0 aliphatic heterocycles. The molecule has 2 aromatic rings. The van der Waals surface area contributed by atoms with E-state index in [1.807, 2.05) is 31.2 Å². The normalized spacial score (nSPS) is 12.1. The first-order chi connectivity index (χ1) is 14.2. The number of nitrogens with zero attached hydrogens (tertiary/aromatic N) is 2. The maximum atomic E-state index is 13.2. The summed E-state index contributed by atoms with van der Waals surface area (Å²) in [4.78, 5) is 8.83. The van der Waals surface area contributed by atoms with Crippen molar-refractivity contribution in [3.63, 3.8) is 0 Å². The highest BCUT2D eigenvalue weighted by Gasteiger charge is 2.05. The molecule has 1 aromatic heterocycles. The van der Waals surface area contributed by atoms with Crippen LogP contribution in [-0.2, 0) is 11.3 Å². The Morgan fingerprint density at radius 1 is 0.897 bits per heavy atom. The molecule has 0 fully saturated rings. The molecule has 0 saturated heterocycles. The fourth-order valence-electron chi connectivity index (χ4n) is 2.97. The molecule has 0 radical (unpaired) electrons. The fourth-order valence-corrected chi connectivity index (χ4v) is 2.97. The summed E-state index contributed by atoms with van der Waals surface area (Å²) >= 11 is 0. The second kappa shape index (κ2) is 14.0. The zero-order valence-electron chi connectivity index (χ0n) is 17.9. The number of halogens is 1. The number of hydrogen-bond acceptors (Lipinski definition) is 4. The molecular formula is C24H35FN2O2. The van der Waals surface area contributed by atoms with Gasteiger partial charge >= 0.3 is 0 Å². The van der Waals surface area contributed by atoms with E-state index in [-0.39, 0.29) is 0 Å². The molecule has 1 atom stereocenters. The molecule has 5 heteroatoms. The van der Waals surface area contributed by atoms with Gasteiger partial charge in [0.25, 0.3) is 0 Å². The van der Waals surface area contributed by atoms with Crippen LogP contribution in [0.5, 0.6) is 5.75 Å². The molecule has 1 unspecified atom stereocenters. The molecule has 0 amide bonds. The van der Waals surface area contributed by atoms with Gasteiger partial charge in [0, 0.05) is 18.6 Å². The lowest BCUT2D eigenvalue weighted by Crippen LogP contribution is -2.04. The molecule has 0 aliphatic rings. The monoisotopic (exact) mass is 402 g/mol. The summed E-state index contributed by atoms with van der Waals surface area (Å²) in [6.45, 7) is 5.72. The quantitative estimate of drug-likeness (QED) is 0.317. The van der Waals surface area contributed by atoms with Crippen LogP contribution in [0, 0.1) is 0 Å². The van der Waals surface area contributed by atoms with Crippen molar-refractivity contribution in [2.45, 2.75) is 78.0 Å². The van der Waals surface area contributed by atoms with Crippen molar-refractivity contribution in [2.24, 2.45) is 0 Å². The maximum absolute atomic E-state index is 13.2. The van der Waals surface area contributed by atoms with E-state index in [1.54, 1.807) is 12.4 Å². The minimum absolute atomic E-state index is 0.445. The van der Waals surface area contributed by atoms with Crippen molar-refractivity contribution < 1.29 is 13.9 Å². The van der Waals surface area contributed by atoms with E-state index < -0.39 is 6.17 Å². The molecule has 0 bridgehead atoms. The van der Waals surface area contributed by atoms with Crippen LogP contribution in [0.3, 0.4) is 0 Å². The molecular weight excluding hydrogens is 367 g/mol. The Kier molecular flexibility index (Phi) is 11.3. The van der Waals surface area contributed by atoms with Gasteiger partial charge in [-0.25, -0.2) is 14.4 Å². The van der Waals surface area contributed by atoms with Gasteiger partial charge in [-0.3, -0.25) is 0 Å². The summed E-state index contributed by atoms with van der Waals surface area (Å²) < 4.78 is 24.4. The fraction of sp³-hybridized carbons (Fsp3) is 0.583. The molecule has 160 valence electrons. The Hall–Kier alpha value is -2.01. The molecule has 1 aromatic carbocycles. The summed E-state index contributed by atoms with van der Waals surface area (Å²) in [5, 5.41) is 0. The van der Waals surface area contributed by atoms with Crippen molar-refractivity contribution in [1.82, 2.24) is 9.97 Å². The smallest absolute Gasteiger partial charge is 0.159 e. The lowest BCUT2D eigenvalue weighted by atomic mass is 10.1. The minimum atomic E-state index is -0.771. The van der Waals surface area contributed by atoms with Gasteiger partial charge in [0.1, 0.15) is 6.17 Å². The van der Waals surface area contributed by atoms with E-state index in [9.17, 15) is 4.39 Å². The van der Waals surface area contributed by atoms with E-state index in [2.05, 4.69) is 16.9 Å². The van der Waals surface area contributed by atoms with Crippen LogP contribution in [0.2, 0.25) is 0 Å². The third-order valence-electron chi connectivity index (χ3n) is 4.89. The van der Waals surface area contributed by atoms with Gasteiger partial charge in [-0.1, -0.05) is 70.2 Å². The van der Waals surface area contributed by atoms with Gasteiger partial charge in [0.05, 0.1) is 25.6 Å². The average Bonchev–Trinajstić information content (AvgIpc) is 2.77. The predicted octanol–water partition coefficient (Wildman–Crippen LogP) is 6.54. The number of aromatic nitrogens is 2. The lowest BCUT2D eigenvalue weighted by molar-refractivity contribution is 0.0988. The number of ether oxygens (including phenoxy) is 2. The molecule has 0 saturated carbocycles. The first kappa shape index (κ1) is 23.3. The van der Waals surface area contributed by atoms with Crippen LogP contribution >= 0.6 is 0 Å². The number of rotatable bonds is 15. The van der Waals surface area contributed by atoms with Crippen molar-refractivity contribution >= 4 is 0 Å². The Labute approximate surface area is 174 Å². The van der Waals surface area contributed by atoms with Crippen molar-refractivity contribution in [1.29, 1.82) is 0 Å². The molecule has 2 rings (SSSR count). The maximum Gasteiger partial charge on any atom is 0.159 e. The van der Waals surface area contributed by atoms with Gasteiger partial charge in [0.2, 0.25) is 0 Å². The van der Waals surface area contributed by atoms with E-state index in [0.717, 1.165) is 17.5 Å². The van der Waals surface area contributed by atoms with Crippen LogP contribution in [0.15, 0.2) is 36.7 Å². The molecule has 0 aliphatic carbocycles. The van der Waals surface area contributed by atoms with Crippen LogP contribution in [0.25, 0.3) is 11.4 Å². The van der Waals surface area contributed by atoms with Crippen LogP contribution in [0.4, 0.5) is 4.39 Å². The van der Waals surface area contributed by atoms with Gasteiger partial charge in [-0.2, -0.15) is 0 Å². The largest absolute Gasteiger partial charge is 0.490 e. The number of alkyl halides is 1. The average molecular weight is 403 g/mol. The Balaban J connectivity index is 1.70. The molecule has 4 nitrogen and oxygen atoms in total. The summed E-state index contributed by atoms with van der Waals surface area (Å²) in [6.07, 6.45) is 11.2. The van der Waals surface area contributed by atoms with Crippen LogP contribution < -0.4 is 4.74 Å². The van der Waals surface area contributed by atoms with Gasteiger partial charge in [-0.05, 0) is 18.4 Å². The highest BCUT2D eigenvalue weighted by atomic mass is 19.1. The predicted molar refractivity (Wildman–Crippen MR) is 116 cm³/mol. The Bertz CT molecular complexity index is 662. The minimum Gasteiger partial charge on any atom is -0.490 e. The number of unbranched alkanes of at least 4 members (excludes halogenated alkanes) is 5. The second-order valence-electron chi connectivity index (χ2n) is 7.40.